The predicted octanol–water partition coefficient (Wildman–Crippen LogP) is 3.18. The van der Waals surface area contributed by atoms with E-state index in [0.717, 1.165) is 37.1 Å². The fraction of sp³-hybridized carbons (Fsp3) is 0.300. The van der Waals surface area contributed by atoms with Crippen molar-refractivity contribution in [3.8, 4) is 22.3 Å². The Hall–Kier alpha value is -2.93. The van der Waals surface area contributed by atoms with Crippen molar-refractivity contribution in [3.05, 3.63) is 48.7 Å². The van der Waals surface area contributed by atoms with Crippen LogP contribution in [-0.2, 0) is 0 Å². The molecule has 4 N–H and O–H groups in total. The van der Waals surface area contributed by atoms with Crippen molar-refractivity contribution in [2.45, 2.75) is 18.9 Å². The molecule has 0 bridgehead atoms. The maximum absolute atomic E-state index is 14.3. The van der Waals surface area contributed by atoms with Crippen LogP contribution >= 0.6 is 0 Å². The Morgan fingerprint density at radius 3 is 2.56 bits per heavy atom. The van der Waals surface area contributed by atoms with Crippen LogP contribution in [0.5, 0.6) is 0 Å². The highest BCUT2D eigenvalue weighted by atomic mass is 19.1. The lowest BCUT2D eigenvalue weighted by molar-refractivity contribution is 0.212. The third kappa shape index (κ3) is 3.50. The Morgan fingerprint density at radius 1 is 1.04 bits per heavy atom. The second kappa shape index (κ2) is 7.00. The highest BCUT2D eigenvalue weighted by molar-refractivity contribution is 5.79. The number of rotatable bonds is 3. The van der Waals surface area contributed by atoms with Crippen molar-refractivity contribution < 1.29 is 4.39 Å². The molecule has 2 aromatic heterocycles. The molecule has 3 aromatic rings. The van der Waals surface area contributed by atoms with Gasteiger partial charge < -0.3 is 16.4 Å². The van der Waals surface area contributed by atoms with Crippen LogP contribution in [0.15, 0.2) is 42.9 Å². The van der Waals surface area contributed by atoms with Gasteiger partial charge >= 0.3 is 0 Å². The van der Waals surface area contributed by atoms with Gasteiger partial charge in [-0.15, -0.1) is 0 Å². The van der Waals surface area contributed by atoms with Gasteiger partial charge in [-0.3, -0.25) is 4.68 Å². The fourth-order valence-electron chi connectivity index (χ4n) is 3.55. The van der Waals surface area contributed by atoms with E-state index in [9.17, 15) is 4.39 Å². The maximum atomic E-state index is 14.3. The quantitative estimate of drug-likeness (QED) is 0.695. The molecule has 27 heavy (non-hydrogen) atoms. The van der Waals surface area contributed by atoms with Crippen molar-refractivity contribution in [3.63, 3.8) is 0 Å². The molecule has 6 nitrogen and oxygen atoms in total. The molecule has 0 spiro atoms. The molecule has 0 aliphatic carbocycles. The number of halogens is 1. The van der Waals surface area contributed by atoms with Gasteiger partial charge in [0.25, 0.3) is 0 Å². The van der Waals surface area contributed by atoms with Crippen LogP contribution in [0, 0.1) is 5.82 Å². The summed E-state index contributed by atoms with van der Waals surface area (Å²) < 4.78 is 16.4. The van der Waals surface area contributed by atoms with Crippen molar-refractivity contribution in [2.75, 3.05) is 31.6 Å². The molecule has 3 heterocycles. The van der Waals surface area contributed by atoms with Crippen LogP contribution < -0.4 is 11.5 Å². The monoisotopic (exact) mass is 366 g/mol. The molecule has 7 heteroatoms. The molecule has 140 valence electrons. The number of likely N-dealkylation sites (tertiary alicyclic amines) is 1. The van der Waals surface area contributed by atoms with Crippen LogP contribution in [0.4, 0.5) is 15.9 Å². The minimum Gasteiger partial charge on any atom is -0.399 e. The minimum absolute atomic E-state index is 0.283. The number of nitrogen functional groups attached to an aromatic ring is 2. The number of hydrogen-bond donors (Lipinski definition) is 2. The van der Waals surface area contributed by atoms with Crippen LogP contribution in [0.25, 0.3) is 22.3 Å². The number of pyridine rings is 1. The zero-order valence-electron chi connectivity index (χ0n) is 15.3. The summed E-state index contributed by atoms with van der Waals surface area (Å²) in [6, 6.07) is 6.84. The van der Waals surface area contributed by atoms with Crippen molar-refractivity contribution in [1.29, 1.82) is 0 Å². The molecule has 1 aromatic carbocycles. The van der Waals surface area contributed by atoms with Gasteiger partial charge in [0, 0.05) is 40.3 Å². The Labute approximate surface area is 157 Å². The summed E-state index contributed by atoms with van der Waals surface area (Å²) in [5.74, 6) is -0.132. The van der Waals surface area contributed by atoms with Gasteiger partial charge in [-0.25, -0.2) is 9.37 Å². The van der Waals surface area contributed by atoms with Crippen LogP contribution in [0.1, 0.15) is 18.9 Å². The lowest BCUT2D eigenvalue weighted by Crippen LogP contribution is -2.31. The van der Waals surface area contributed by atoms with E-state index in [1.165, 1.54) is 6.07 Å². The number of aromatic nitrogens is 3. The Bertz CT molecular complexity index is 959. The number of benzene rings is 1. The van der Waals surface area contributed by atoms with Gasteiger partial charge in [0.05, 0.1) is 12.2 Å². The van der Waals surface area contributed by atoms with E-state index in [-0.39, 0.29) is 5.82 Å². The lowest BCUT2D eigenvalue weighted by atomic mass is 10.0. The minimum atomic E-state index is -0.414. The Kier molecular flexibility index (Phi) is 4.53. The SMILES string of the molecule is CN1CCC(n2cc(-c3cnc(N)c(-c4ccc(N)cc4F)c3)cn2)CC1. The van der Waals surface area contributed by atoms with Gasteiger partial charge in [-0.05, 0) is 57.2 Å². The number of piperidine rings is 1. The summed E-state index contributed by atoms with van der Waals surface area (Å²) in [4.78, 5) is 6.59. The van der Waals surface area contributed by atoms with E-state index in [4.69, 9.17) is 11.5 Å². The molecule has 1 saturated heterocycles. The third-order valence-corrected chi connectivity index (χ3v) is 5.20. The van der Waals surface area contributed by atoms with E-state index in [0.29, 0.717) is 22.9 Å². The molecular weight excluding hydrogens is 343 g/mol. The zero-order chi connectivity index (χ0) is 19.0. The molecule has 0 unspecified atom stereocenters. The number of nitrogens with two attached hydrogens (primary N) is 2. The molecule has 1 aliphatic heterocycles. The fourth-order valence-corrected chi connectivity index (χ4v) is 3.55. The standard InChI is InChI=1S/C20H23FN6/c1-26-6-4-16(5-7-26)27-12-14(11-25-27)13-8-18(20(23)24-10-13)17-3-2-15(22)9-19(17)21/h2-3,8-12,16H,4-7,22H2,1H3,(H2,23,24). The summed E-state index contributed by atoms with van der Waals surface area (Å²) in [6.07, 6.45) is 7.73. The van der Waals surface area contributed by atoms with Crippen LogP contribution in [0.3, 0.4) is 0 Å². The van der Waals surface area contributed by atoms with Gasteiger partial charge in [0.2, 0.25) is 0 Å². The molecule has 4 rings (SSSR count). The van der Waals surface area contributed by atoms with Gasteiger partial charge in [-0.2, -0.15) is 5.10 Å². The largest absolute Gasteiger partial charge is 0.399 e. The normalized spacial score (nSPS) is 15.9. The first kappa shape index (κ1) is 17.5. The molecule has 0 saturated carbocycles. The molecule has 0 radical (unpaired) electrons. The Balaban J connectivity index is 1.65. The molecule has 0 atom stereocenters. The summed E-state index contributed by atoms with van der Waals surface area (Å²) in [7, 11) is 2.14. The smallest absolute Gasteiger partial charge is 0.133 e. The average Bonchev–Trinajstić information content (AvgIpc) is 3.13. The maximum Gasteiger partial charge on any atom is 0.133 e. The van der Waals surface area contributed by atoms with E-state index < -0.39 is 5.82 Å². The predicted molar refractivity (Wildman–Crippen MR) is 105 cm³/mol. The molecule has 0 amide bonds. The first-order chi connectivity index (χ1) is 13.0. The van der Waals surface area contributed by atoms with Crippen molar-refractivity contribution in [1.82, 2.24) is 19.7 Å². The average molecular weight is 366 g/mol. The van der Waals surface area contributed by atoms with Crippen LogP contribution in [0.2, 0.25) is 0 Å². The van der Waals surface area contributed by atoms with Crippen molar-refractivity contribution in [2.24, 2.45) is 0 Å². The van der Waals surface area contributed by atoms with E-state index in [2.05, 4.69) is 22.0 Å². The topological polar surface area (TPSA) is 86.0 Å². The van der Waals surface area contributed by atoms with Gasteiger partial charge in [-0.1, -0.05) is 0 Å². The summed E-state index contributed by atoms with van der Waals surface area (Å²) >= 11 is 0. The second-order valence-electron chi connectivity index (χ2n) is 7.14. The summed E-state index contributed by atoms with van der Waals surface area (Å²) in [5.41, 5.74) is 14.8. The first-order valence-electron chi connectivity index (χ1n) is 9.05. The summed E-state index contributed by atoms with van der Waals surface area (Å²) in [6.45, 7) is 2.15. The third-order valence-electron chi connectivity index (χ3n) is 5.20. The zero-order valence-corrected chi connectivity index (χ0v) is 15.3. The molecule has 1 aliphatic rings. The van der Waals surface area contributed by atoms with E-state index in [1.807, 2.05) is 23.1 Å². The number of hydrogen-bond acceptors (Lipinski definition) is 5. The highest BCUT2D eigenvalue weighted by Gasteiger charge is 2.19. The van der Waals surface area contributed by atoms with Gasteiger partial charge in [0.15, 0.2) is 0 Å². The van der Waals surface area contributed by atoms with Gasteiger partial charge in [0.1, 0.15) is 11.6 Å². The van der Waals surface area contributed by atoms with E-state index >= 15 is 0 Å². The summed E-state index contributed by atoms with van der Waals surface area (Å²) in [5, 5.41) is 4.54. The lowest BCUT2D eigenvalue weighted by Gasteiger charge is -2.28. The number of nitrogens with zero attached hydrogens (tertiary/aromatic N) is 4. The van der Waals surface area contributed by atoms with Crippen LogP contribution in [-0.4, -0.2) is 39.8 Å². The second-order valence-corrected chi connectivity index (χ2v) is 7.14. The highest BCUT2D eigenvalue weighted by Crippen LogP contribution is 2.32. The van der Waals surface area contributed by atoms with Crippen molar-refractivity contribution >= 4 is 11.5 Å². The first-order valence-corrected chi connectivity index (χ1v) is 9.05. The Morgan fingerprint density at radius 2 is 1.81 bits per heavy atom. The van der Waals surface area contributed by atoms with E-state index in [1.54, 1.807) is 18.3 Å². The number of anilines is 2. The molecular formula is C20H23FN6. The molecule has 1 fully saturated rings.